The number of nitrogens with one attached hydrogen (secondary N) is 5. The fourth-order valence-electron chi connectivity index (χ4n) is 1.05. The van der Waals surface area contributed by atoms with Crippen molar-refractivity contribution >= 4 is 67.9 Å². The molecule has 5 unspecified atom stereocenters. The first-order chi connectivity index (χ1) is 10.3. The first-order valence-corrected chi connectivity index (χ1v) is 10.1. The van der Waals surface area contributed by atoms with Gasteiger partial charge in [-0.3, -0.25) is 21.0 Å². The molecule has 5 atom stereocenters. The Morgan fingerprint density at radius 3 is 0.957 bits per heavy atom. The van der Waals surface area contributed by atoms with E-state index in [2.05, 4.69) is 0 Å². The van der Waals surface area contributed by atoms with Crippen LogP contribution in [0.3, 0.4) is 0 Å². The summed E-state index contributed by atoms with van der Waals surface area (Å²) in [5.41, 5.74) is 0. The fourth-order valence-corrected chi connectivity index (χ4v) is 4.38. The second-order valence-electron chi connectivity index (χ2n) is 3.09. The SMILES string of the molecule is O=S([O-])NC(Cl)(NS(=O)[O-])C(NS(=O)[O-])(NS(=O)[O-])NS(=O)[O-]. The molecule has 0 aliphatic carbocycles. The monoisotopic (exact) mass is 454 g/mol. The molecule has 21 heteroatoms. The number of hydrogen-bond donors (Lipinski definition) is 5. The molecule has 0 aliphatic heterocycles. The van der Waals surface area contributed by atoms with Crippen LogP contribution in [0.4, 0.5) is 0 Å². The van der Waals surface area contributed by atoms with Gasteiger partial charge in [0.2, 0.25) is 10.9 Å². The Bertz CT molecular complexity index is 487. The van der Waals surface area contributed by atoms with Gasteiger partial charge in [-0.05, 0) is 0 Å². The number of rotatable bonds is 11. The molecule has 140 valence electrons. The summed E-state index contributed by atoms with van der Waals surface area (Å²) in [6, 6.07) is 0. The highest BCUT2D eigenvalue weighted by molar-refractivity contribution is 7.79. The first-order valence-electron chi connectivity index (χ1n) is 4.38. The molecule has 0 heterocycles. The van der Waals surface area contributed by atoms with E-state index in [-0.39, 0.29) is 0 Å². The van der Waals surface area contributed by atoms with E-state index >= 15 is 0 Å². The Balaban J connectivity index is 6.27. The van der Waals surface area contributed by atoms with Crippen molar-refractivity contribution in [3.8, 4) is 0 Å². The molecule has 0 aromatic rings. The van der Waals surface area contributed by atoms with Crippen LogP contribution in [0.25, 0.3) is 0 Å². The summed E-state index contributed by atoms with van der Waals surface area (Å²) < 4.78 is 114. The highest BCUT2D eigenvalue weighted by Gasteiger charge is 2.53. The van der Waals surface area contributed by atoms with Gasteiger partial charge in [-0.15, -0.1) is 0 Å². The topological polar surface area (TPSA) is 261 Å². The summed E-state index contributed by atoms with van der Waals surface area (Å²) in [7, 11) is 0. The van der Waals surface area contributed by atoms with Crippen LogP contribution in [0.1, 0.15) is 0 Å². The van der Waals surface area contributed by atoms with Crippen LogP contribution in [0.15, 0.2) is 0 Å². The average molecular weight is 455 g/mol. The van der Waals surface area contributed by atoms with Gasteiger partial charge in [0.15, 0.2) is 0 Å². The van der Waals surface area contributed by atoms with Crippen molar-refractivity contribution in [3.05, 3.63) is 0 Å². The van der Waals surface area contributed by atoms with E-state index in [4.69, 9.17) is 11.6 Å². The van der Waals surface area contributed by atoms with Gasteiger partial charge in [0.1, 0.15) is 0 Å². The van der Waals surface area contributed by atoms with E-state index in [1.54, 1.807) is 0 Å². The third-order valence-corrected chi connectivity index (χ3v) is 4.73. The normalized spacial score (nSPS) is 23.9. The number of hydrogen-bond acceptors (Lipinski definition) is 10. The second-order valence-corrected chi connectivity index (χ2v) is 7.03. The van der Waals surface area contributed by atoms with Gasteiger partial charge in [0.05, 0.1) is 0 Å². The van der Waals surface area contributed by atoms with Crippen LogP contribution in [-0.2, 0) is 56.3 Å². The third-order valence-electron chi connectivity index (χ3n) is 1.67. The molecule has 0 aromatic heterocycles. The molecule has 5 N–H and O–H groups in total. The van der Waals surface area contributed by atoms with Crippen molar-refractivity contribution in [2.45, 2.75) is 10.9 Å². The molecule has 0 amide bonds. The van der Waals surface area contributed by atoms with Gasteiger partial charge >= 0.3 is 0 Å². The lowest BCUT2D eigenvalue weighted by Gasteiger charge is -2.48. The quantitative estimate of drug-likeness (QED) is 0.0854. The van der Waals surface area contributed by atoms with E-state index in [0.717, 1.165) is 0 Å². The van der Waals surface area contributed by atoms with Crippen LogP contribution in [0.2, 0.25) is 0 Å². The molecule has 0 bridgehead atoms. The maximum atomic E-state index is 10.8. The van der Waals surface area contributed by atoms with Crippen molar-refractivity contribution in [3.63, 3.8) is 0 Å². The Morgan fingerprint density at radius 1 is 0.565 bits per heavy atom. The standard InChI is InChI=1S/C2H10ClN5O10S5/c3-1(4-19(9)10,5-20(11)12)2(6-21(13)14,7-22(15)16)8-23(17)18/h4-8H,(H,9,10)(H,11,12)(H,13,14)(H,15,16)(H,17,18)/p-5. The van der Waals surface area contributed by atoms with Gasteiger partial charge in [-0.1, -0.05) is 11.6 Å². The summed E-state index contributed by atoms with van der Waals surface area (Å²) in [4.78, 5) is 0. The van der Waals surface area contributed by atoms with Crippen molar-refractivity contribution in [2.75, 3.05) is 0 Å². The lowest BCUT2D eigenvalue weighted by atomic mass is 10.3. The van der Waals surface area contributed by atoms with Crippen LogP contribution in [-0.4, -0.2) is 54.7 Å². The minimum Gasteiger partial charge on any atom is -0.760 e. The Morgan fingerprint density at radius 2 is 0.783 bits per heavy atom. The molecule has 0 aromatic carbocycles. The number of alkyl halides is 1. The van der Waals surface area contributed by atoms with Crippen LogP contribution >= 0.6 is 11.6 Å². The molecular formula is C2H5ClN5O10S5-5. The Labute approximate surface area is 146 Å². The Kier molecular flexibility index (Phi) is 10.2. The minimum atomic E-state index is -3.48. The van der Waals surface area contributed by atoms with E-state index in [1.807, 2.05) is 0 Å². The zero-order valence-corrected chi connectivity index (χ0v) is 14.8. The predicted molar refractivity (Wildman–Crippen MR) is 71.6 cm³/mol. The van der Waals surface area contributed by atoms with Crippen molar-refractivity contribution in [2.24, 2.45) is 0 Å². The first kappa shape index (κ1) is 23.6. The van der Waals surface area contributed by atoms with E-state index < -0.39 is 67.2 Å². The molecule has 15 nitrogen and oxygen atoms in total. The smallest absolute Gasteiger partial charge is 0.215 e. The molecule has 0 aliphatic rings. The van der Waals surface area contributed by atoms with E-state index in [0.29, 0.717) is 0 Å². The zero-order valence-electron chi connectivity index (χ0n) is 10.0. The fraction of sp³-hybridized carbons (Fsp3) is 1.00. The largest absolute Gasteiger partial charge is 0.760 e. The molecule has 23 heavy (non-hydrogen) atoms. The number of halogens is 1. The lowest BCUT2D eigenvalue weighted by Crippen LogP contribution is -2.84. The summed E-state index contributed by atoms with van der Waals surface area (Å²) in [6.07, 6.45) is 0. The summed E-state index contributed by atoms with van der Waals surface area (Å²) >= 11 is -11.7. The van der Waals surface area contributed by atoms with Crippen molar-refractivity contribution < 1.29 is 43.8 Å². The molecule has 0 rings (SSSR count). The van der Waals surface area contributed by atoms with E-state index in [9.17, 15) is 43.8 Å². The summed E-state index contributed by atoms with van der Waals surface area (Å²) in [5.74, 6) is -3.35. The average Bonchev–Trinajstić information content (AvgIpc) is 2.22. The van der Waals surface area contributed by atoms with E-state index in [1.165, 1.54) is 23.6 Å². The lowest BCUT2D eigenvalue weighted by molar-refractivity contribution is 0.201. The molecular weight excluding hydrogens is 450 g/mol. The van der Waals surface area contributed by atoms with Crippen LogP contribution in [0.5, 0.6) is 0 Å². The highest BCUT2D eigenvalue weighted by Crippen LogP contribution is 2.22. The van der Waals surface area contributed by atoms with Crippen LogP contribution in [0, 0.1) is 0 Å². The van der Waals surface area contributed by atoms with Gasteiger partial charge in [0, 0.05) is 56.3 Å². The summed E-state index contributed by atoms with van der Waals surface area (Å²) in [5, 5.41) is -3.31. The third kappa shape index (κ3) is 8.04. The second kappa shape index (κ2) is 9.95. The predicted octanol–water partition coefficient (Wildman–Crippen LogP) is -5.55. The molecule has 0 fully saturated rings. The van der Waals surface area contributed by atoms with Gasteiger partial charge in [0.25, 0.3) is 0 Å². The molecule has 0 saturated heterocycles. The maximum absolute atomic E-state index is 10.8. The minimum absolute atomic E-state index is 1.21. The summed E-state index contributed by atoms with van der Waals surface area (Å²) in [6.45, 7) is 0. The molecule has 0 spiro atoms. The zero-order chi connectivity index (χ0) is 18.4. The van der Waals surface area contributed by atoms with Gasteiger partial charge in [-0.25, -0.2) is 23.6 Å². The van der Waals surface area contributed by atoms with Gasteiger partial charge in [-0.2, -0.15) is 0 Å². The Hall–Kier alpha value is 0.640. The molecule has 0 radical (unpaired) electrons. The van der Waals surface area contributed by atoms with Crippen LogP contribution < -0.4 is 23.6 Å². The maximum Gasteiger partial charge on any atom is 0.215 e. The van der Waals surface area contributed by atoms with Crippen molar-refractivity contribution in [1.29, 1.82) is 0 Å². The van der Waals surface area contributed by atoms with Gasteiger partial charge < -0.3 is 22.8 Å². The molecule has 0 saturated carbocycles. The highest BCUT2D eigenvalue weighted by atomic mass is 35.5. The van der Waals surface area contributed by atoms with Crippen molar-refractivity contribution in [1.82, 2.24) is 23.6 Å².